The van der Waals surface area contributed by atoms with Gasteiger partial charge in [0.2, 0.25) is 0 Å². The lowest BCUT2D eigenvalue weighted by Gasteiger charge is -2.13. The maximum absolute atomic E-state index is 12.1. The van der Waals surface area contributed by atoms with Gasteiger partial charge in [-0.2, -0.15) is 13.2 Å². The summed E-state index contributed by atoms with van der Waals surface area (Å²) in [6.45, 7) is 3.82. The van der Waals surface area contributed by atoms with Crippen molar-refractivity contribution in [1.82, 2.24) is 15.5 Å². The van der Waals surface area contributed by atoms with Gasteiger partial charge in [0.15, 0.2) is 5.96 Å². The third-order valence-corrected chi connectivity index (χ3v) is 3.40. The highest BCUT2D eigenvalue weighted by Gasteiger charge is 2.27. The Morgan fingerprint density at radius 3 is 2.35 bits per heavy atom. The van der Waals surface area contributed by atoms with Crippen LogP contribution in [0.5, 0.6) is 0 Å². The van der Waals surface area contributed by atoms with Gasteiger partial charge in [-0.15, -0.1) is 0 Å². The molecule has 1 aromatic rings. The molecule has 0 saturated carbocycles. The maximum atomic E-state index is 12.1. The minimum Gasteiger partial charge on any atom is -0.367 e. The van der Waals surface area contributed by atoms with Crippen LogP contribution in [0.15, 0.2) is 29.3 Å². The minimum atomic E-state index is -4.29. The first-order valence-corrected chi connectivity index (χ1v) is 8.69. The van der Waals surface area contributed by atoms with E-state index in [0.29, 0.717) is 12.1 Å². The maximum Gasteiger partial charge on any atom is 0.411 e. The predicted octanol–water partition coefficient (Wildman–Crippen LogP) is 2.77. The highest BCUT2D eigenvalue weighted by atomic mass is 19.4. The Kier molecular flexibility index (Phi) is 10.0. The van der Waals surface area contributed by atoms with Crippen molar-refractivity contribution < 1.29 is 17.9 Å². The van der Waals surface area contributed by atoms with E-state index in [-0.39, 0.29) is 6.61 Å². The molecule has 0 saturated heterocycles. The number of rotatable bonds is 10. The number of ether oxygens (including phenoxy) is 1. The monoisotopic (exact) mass is 374 g/mol. The second kappa shape index (κ2) is 11.7. The van der Waals surface area contributed by atoms with Gasteiger partial charge in [0, 0.05) is 13.1 Å². The van der Waals surface area contributed by atoms with Crippen molar-refractivity contribution >= 4 is 5.96 Å². The second-order valence-corrected chi connectivity index (χ2v) is 6.20. The predicted molar refractivity (Wildman–Crippen MR) is 98.1 cm³/mol. The van der Waals surface area contributed by atoms with Gasteiger partial charge in [0.05, 0.1) is 13.2 Å². The summed E-state index contributed by atoms with van der Waals surface area (Å²) in [6.07, 6.45) is -3.28. The molecule has 5 nitrogen and oxygen atoms in total. The molecule has 0 fully saturated rings. The molecule has 0 atom stereocenters. The Morgan fingerprint density at radius 1 is 1.12 bits per heavy atom. The molecule has 148 valence electrons. The molecule has 0 spiro atoms. The van der Waals surface area contributed by atoms with Gasteiger partial charge in [-0.3, -0.25) is 0 Å². The molecule has 0 unspecified atom stereocenters. The van der Waals surface area contributed by atoms with Gasteiger partial charge in [-0.05, 0) is 45.1 Å². The van der Waals surface area contributed by atoms with Crippen molar-refractivity contribution in [2.75, 3.05) is 40.3 Å². The quantitative estimate of drug-likeness (QED) is 0.376. The molecule has 26 heavy (non-hydrogen) atoms. The number of alkyl halides is 3. The Balaban J connectivity index is 2.45. The molecule has 0 aliphatic rings. The average Bonchev–Trinajstić information content (AvgIpc) is 2.56. The van der Waals surface area contributed by atoms with Crippen LogP contribution in [0.4, 0.5) is 13.2 Å². The third-order valence-electron chi connectivity index (χ3n) is 3.40. The summed E-state index contributed by atoms with van der Waals surface area (Å²) in [6, 6.07) is 7.23. The Morgan fingerprint density at radius 2 is 1.77 bits per heavy atom. The van der Waals surface area contributed by atoms with Crippen LogP contribution < -0.4 is 10.6 Å². The fourth-order valence-electron chi connectivity index (χ4n) is 2.14. The largest absolute Gasteiger partial charge is 0.411 e. The number of guanidine groups is 1. The van der Waals surface area contributed by atoms with E-state index in [4.69, 9.17) is 0 Å². The van der Waals surface area contributed by atoms with Crippen molar-refractivity contribution in [2.24, 2.45) is 4.99 Å². The van der Waals surface area contributed by atoms with E-state index in [2.05, 4.69) is 25.3 Å². The first-order valence-electron chi connectivity index (χ1n) is 8.69. The van der Waals surface area contributed by atoms with Gasteiger partial charge in [0.25, 0.3) is 0 Å². The lowest BCUT2D eigenvalue weighted by molar-refractivity contribution is -0.176. The van der Waals surface area contributed by atoms with Crippen LogP contribution in [0.1, 0.15) is 24.5 Å². The molecular formula is C18H29F3N4O. The number of hydrogen-bond acceptors (Lipinski definition) is 3. The number of aliphatic imine (C=N–C) groups is 1. The van der Waals surface area contributed by atoms with E-state index in [1.807, 2.05) is 33.2 Å². The van der Waals surface area contributed by atoms with Gasteiger partial charge < -0.3 is 20.3 Å². The molecule has 0 heterocycles. The highest BCUT2D eigenvalue weighted by Crippen LogP contribution is 2.16. The summed E-state index contributed by atoms with van der Waals surface area (Å²) in [5.74, 6) is 0.754. The zero-order chi connectivity index (χ0) is 19.4. The van der Waals surface area contributed by atoms with E-state index in [1.54, 1.807) is 12.1 Å². The molecule has 0 aliphatic carbocycles. The van der Waals surface area contributed by atoms with E-state index in [1.165, 1.54) is 0 Å². The average molecular weight is 374 g/mol. The van der Waals surface area contributed by atoms with Crippen LogP contribution in [0.25, 0.3) is 0 Å². The van der Waals surface area contributed by atoms with Gasteiger partial charge in [-0.1, -0.05) is 24.3 Å². The summed E-state index contributed by atoms with van der Waals surface area (Å²) in [4.78, 5) is 6.66. The molecule has 0 radical (unpaired) electrons. The first-order chi connectivity index (χ1) is 12.3. The van der Waals surface area contributed by atoms with Gasteiger partial charge in [0.1, 0.15) is 6.61 Å². The van der Waals surface area contributed by atoms with Gasteiger partial charge in [-0.25, -0.2) is 4.99 Å². The zero-order valence-electron chi connectivity index (χ0n) is 15.7. The van der Waals surface area contributed by atoms with Crippen LogP contribution in [-0.4, -0.2) is 57.4 Å². The van der Waals surface area contributed by atoms with Crippen molar-refractivity contribution in [3.05, 3.63) is 35.4 Å². The lowest BCUT2D eigenvalue weighted by atomic mass is 10.1. The molecule has 1 rings (SSSR count). The van der Waals surface area contributed by atoms with E-state index < -0.39 is 12.8 Å². The summed E-state index contributed by atoms with van der Waals surface area (Å²) in [7, 11) is 4.08. The summed E-state index contributed by atoms with van der Waals surface area (Å²) in [5.41, 5.74) is 1.69. The fraction of sp³-hybridized carbons (Fsp3) is 0.611. The van der Waals surface area contributed by atoms with Crippen LogP contribution in [0.2, 0.25) is 0 Å². The van der Waals surface area contributed by atoms with E-state index in [0.717, 1.165) is 37.6 Å². The summed E-state index contributed by atoms with van der Waals surface area (Å²) < 4.78 is 40.8. The smallest absolute Gasteiger partial charge is 0.367 e. The van der Waals surface area contributed by atoms with Crippen molar-refractivity contribution in [1.29, 1.82) is 0 Å². The summed E-state index contributed by atoms with van der Waals surface area (Å²) in [5, 5.41) is 6.48. The Labute approximate surface area is 153 Å². The first kappa shape index (κ1) is 22.2. The number of nitrogens with one attached hydrogen (secondary N) is 2. The lowest BCUT2D eigenvalue weighted by Crippen LogP contribution is -2.38. The highest BCUT2D eigenvalue weighted by molar-refractivity contribution is 5.79. The molecule has 0 bridgehead atoms. The number of halogens is 3. The van der Waals surface area contributed by atoms with Gasteiger partial charge >= 0.3 is 6.18 Å². The van der Waals surface area contributed by atoms with Crippen molar-refractivity contribution in [3.8, 4) is 0 Å². The number of benzene rings is 1. The molecule has 0 aromatic heterocycles. The van der Waals surface area contributed by atoms with Crippen LogP contribution in [-0.2, 0) is 17.9 Å². The molecule has 0 amide bonds. The van der Waals surface area contributed by atoms with E-state index >= 15 is 0 Å². The number of nitrogens with zero attached hydrogens (tertiary/aromatic N) is 2. The Hall–Kier alpha value is -1.80. The second-order valence-electron chi connectivity index (χ2n) is 6.20. The SMILES string of the molecule is CCNC(=NCc1ccc(COCC(F)(F)F)cc1)NCCCN(C)C. The normalized spacial score (nSPS) is 12.5. The van der Waals surface area contributed by atoms with Crippen molar-refractivity contribution in [2.45, 2.75) is 32.7 Å². The minimum absolute atomic E-state index is 0.0564. The third kappa shape index (κ3) is 10.9. The summed E-state index contributed by atoms with van der Waals surface area (Å²) >= 11 is 0. The molecule has 1 aromatic carbocycles. The van der Waals surface area contributed by atoms with Crippen LogP contribution in [0, 0.1) is 0 Å². The van der Waals surface area contributed by atoms with Crippen LogP contribution in [0.3, 0.4) is 0 Å². The molecule has 2 N–H and O–H groups in total. The molecular weight excluding hydrogens is 345 g/mol. The van der Waals surface area contributed by atoms with Crippen LogP contribution >= 0.6 is 0 Å². The zero-order valence-corrected chi connectivity index (χ0v) is 15.7. The van der Waals surface area contributed by atoms with Crippen molar-refractivity contribution in [3.63, 3.8) is 0 Å². The standard InChI is InChI=1S/C18H29F3N4O/c1-4-22-17(23-10-5-11-25(2)3)24-12-15-6-8-16(9-7-15)13-26-14-18(19,20)21/h6-9H,4-5,10-14H2,1-3H3,(H2,22,23,24). The fourth-order valence-corrected chi connectivity index (χ4v) is 2.14. The Bertz CT molecular complexity index is 530. The molecule has 0 aliphatic heterocycles. The topological polar surface area (TPSA) is 48.9 Å². The number of hydrogen-bond donors (Lipinski definition) is 2. The molecule has 8 heteroatoms. The van der Waals surface area contributed by atoms with E-state index in [9.17, 15) is 13.2 Å².